The molecule has 1 saturated heterocycles. The number of carbonyl (C=O) groups is 2. The van der Waals surface area contributed by atoms with Crippen LogP contribution in [0.4, 0.5) is 4.79 Å². The van der Waals surface area contributed by atoms with Crippen molar-refractivity contribution >= 4 is 11.9 Å². The van der Waals surface area contributed by atoms with E-state index in [2.05, 4.69) is 5.32 Å². The first-order valence-corrected chi connectivity index (χ1v) is 5.09. The van der Waals surface area contributed by atoms with Gasteiger partial charge in [-0.2, -0.15) is 0 Å². The largest absolute Gasteiger partial charge is 0.370 e. The van der Waals surface area contributed by atoms with Crippen molar-refractivity contribution in [2.45, 2.75) is 25.3 Å². The number of amides is 3. The molecule has 1 unspecified atom stereocenters. The quantitative estimate of drug-likeness (QED) is 0.580. The van der Waals surface area contributed by atoms with Crippen LogP contribution in [0.15, 0.2) is 0 Å². The SMILES string of the molecule is NC(=O)NC(=O)COCC1CCCCN1. The average Bonchev–Trinajstić information content (AvgIpc) is 2.18. The summed E-state index contributed by atoms with van der Waals surface area (Å²) in [4.78, 5) is 21.2. The molecule has 86 valence electrons. The fourth-order valence-corrected chi connectivity index (χ4v) is 1.53. The first-order chi connectivity index (χ1) is 7.18. The van der Waals surface area contributed by atoms with Crippen LogP contribution in [0.2, 0.25) is 0 Å². The molecule has 1 aliphatic heterocycles. The highest BCUT2D eigenvalue weighted by Gasteiger charge is 2.13. The van der Waals surface area contributed by atoms with E-state index in [-0.39, 0.29) is 6.61 Å². The van der Waals surface area contributed by atoms with Crippen molar-refractivity contribution in [2.24, 2.45) is 5.73 Å². The Morgan fingerprint density at radius 3 is 2.87 bits per heavy atom. The Hall–Kier alpha value is -1.14. The molecule has 6 nitrogen and oxygen atoms in total. The molecule has 0 aromatic rings. The third-order valence-electron chi connectivity index (χ3n) is 2.23. The molecular weight excluding hydrogens is 198 g/mol. The van der Waals surface area contributed by atoms with Gasteiger partial charge < -0.3 is 15.8 Å². The first-order valence-electron chi connectivity index (χ1n) is 5.09. The van der Waals surface area contributed by atoms with Gasteiger partial charge in [-0.15, -0.1) is 0 Å². The summed E-state index contributed by atoms with van der Waals surface area (Å²) < 4.78 is 5.15. The number of imide groups is 1. The van der Waals surface area contributed by atoms with Gasteiger partial charge in [0.15, 0.2) is 0 Å². The zero-order valence-electron chi connectivity index (χ0n) is 8.62. The van der Waals surface area contributed by atoms with E-state index in [1.165, 1.54) is 12.8 Å². The van der Waals surface area contributed by atoms with Crippen LogP contribution in [0.3, 0.4) is 0 Å². The summed E-state index contributed by atoms with van der Waals surface area (Å²) in [7, 11) is 0. The van der Waals surface area contributed by atoms with Crippen molar-refractivity contribution in [3.8, 4) is 0 Å². The van der Waals surface area contributed by atoms with Gasteiger partial charge in [-0.1, -0.05) is 6.42 Å². The minimum Gasteiger partial charge on any atom is -0.370 e. The molecule has 1 rings (SSSR count). The van der Waals surface area contributed by atoms with Crippen molar-refractivity contribution in [1.29, 1.82) is 0 Å². The van der Waals surface area contributed by atoms with Gasteiger partial charge in [0.05, 0.1) is 6.61 Å². The van der Waals surface area contributed by atoms with Gasteiger partial charge in [-0.25, -0.2) is 4.79 Å². The topological polar surface area (TPSA) is 93.5 Å². The highest BCUT2D eigenvalue weighted by atomic mass is 16.5. The van der Waals surface area contributed by atoms with E-state index in [1.54, 1.807) is 0 Å². The van der Waals surface area contributed by atoms with Gasteiger partial charge in [0, 0.05) is 6.04 Å². The highest BCUT2D eigenvalue weighted by molar-refractivity contribution is 5.94. The van der Waals surface area contributed by atoms with Crippen LogP contribution >= 0.6 is 0 Å². The van der Waals surface area contributed by atoms with Gasteiger partial charge in [-0.3, -0.25) is 10.1 Å². The van der Waals surface area contributed by atoms with E-state index in [0.29, 0.717) is 12.6 Å². The normalized spacial score (nSPS) is 20.9. The summed E-state index contributed by atoms with van der Waals surface area (Å²) in [5.74, 6) is -0.502. The molecule has 0 saturated carbocycles. The van der Waals surface area contributed by atoms with E-state index < -0.39 is 11.9 Å². The number of hydrogen-bond donors (Lipinski definition) is 3. The molecule has 1 fully saturated rings. The minimum absolute atomic E-state index is 0.124. The minimum atomic E-state index is -0.848. The molecule has 4 N–H and O–H groups in total. The van der Waals surface area contributed by atoms with E-state index in [1.807, 2.05) is 5.32 Å². The summed E-state index contributed by atoms with van der Waals surface area (Å²) in [6, 6.07) is -0.528. The molecule has 1 aliphatic rings. The van der Waals surface area contributed by atoms with Gasteiger partial charge in [0.25, 0.3) is 5.91 Å². The number of carbonyl (C=O) groups excluding carboxylic acids is 2. The zero-order valence-corrected chi connectivity index (χ0v) is 8.62. The maximum atomic E-state index is 10.9. The van der Waals surface area contributed by atoms with Crippen LogP contribution in [0.5, 0.6) is 0 Å². The summed E-state index contributed by atoms with van der Waals surface area (Å²) in [5.41, 5.74) is 4.77. The molecule has 0 aromatic carbocycles. The molecule has 6 heteroatoms. The molecule has 0 bridgehead atoms. The fraction of sp³-hybridized carbons (Fsp3) is 0.778. The predicted octanol–water partition coefficient (Wildman–Crippen LogP) is -0.660. The third-order valence-corrected chi connectivity index (χ3v) is 2.23. The number of ether oxygens (including phenoxy) is 1. The number of nitrogens with two attached hydrogens (primary N) is 1. The Kier molecular flexibility index (Phi) is 5.06. The highest BCUT2D eigenvalue weighted by Crippen LogP contribution is 2.06. The van der Waals surface area contributed by atoms with Crippen LogP contribution in [-0.4, -0.2) is 37.7 Å². The summed E-state index contributed by atoms with van der Waals surface area (Å²) in [6.07, 6.45) is 3.45. The van der Waals surface area contributed by atoms with Crippen molar-refractivity contribution in [1.82, 2.24) is 10.6 Å². The number of rotatable bonds is 4. The Morgan fingerprint density at radius 1 is 1.47 bits per heavy atom. The number of primary amides is 1. The second kappa shape index (κ2) is 6.36. The Morgan fingerprint density at radius 2 is 2.27 bits per heavy atom. The molecule has 0 spiro atoms. The lowest BCUT2D eigenvalue weighted by molar-refractivity contribution is -0.124. The summed E-state index contributed by atoms with van der Waals surface area (Å²) in [6.45, 7) is 1.37. The zero-order chi connectivity index (χ0) is 11.1. The van der Waals surface area contributed by atoms with Crippen molar-refractivity contribution in [3.63, 3.8) is 0 Å². The second-order valence-corrected chi connectivity index (χ2v) is 3.57. The molecule has 0 radical (unpaired) electrons. The smallest absolute Gasteiger partial charge is 0.318 e. The lowest BCUT2D eigenvalue weighted by Gasteiger charge is -2.22. The number of hydrogen-bond acceptors (Lipinski definition) is 4. The van der Waals surface area contributed by atoms with Crippen LogP contribution in [-0.2, 0) is 9.53 Å². The van der Waals surface area contributed by atoms with Crippen molar-refractivity contribution < 1.29 is 14.3 Å². The van der Waals surface area contributed by atoms with Gasteiger partial charge in [-0.05, 0) is 19.4 Å². The average molecular weight is 215 g/mol. The van der Waals surface area contributed by atoms with Gasteiger partial charge in [0.2, 0.25) is 0 Å². The maximum Gasteiger partial charge on any atom is 0.318 e. The predicted molar refractivity (Wildman–Crippen MR) is 54.2 cm³/mol. The standard InChI is InChI=1S/C9H17N3O3/c10-9(14)12-8(13)6-15-5-7-3-1-2-4-11-7/h7,11H,1-6H2,(H3,10,12,13,14). The first kappa shape index (κ1) is 11.9. The summed E-state index contributed by atoms with van der Waals surface area (Å²) in [5, 5.41) is 5.22. The Bertz CT molecular complexity index is 227. The molecule has 1 atom stereocenters. The van der Waals surface area contributed by atoms with Crippen LogP contribution < -0.4 is 16.4 Å². The van der Waals surface area contributed by atoms with Crippen molar-refractivity contribution in [3.05, 3.63) is 0 Å². The van der Waals surface area contributed by atoms with E-state index in [9.17, 15) is 9.59 Å². The third kappa shape index (κ3) is 5.34. The van der Waals surface area contributed by atoms with E-state index >= 15 is 0 Å². The van der Waals surface area contributed by atoms with Crippen LogP contribution in [0.25, 0.3) is 0 Å². The van der Waals surface area contributed by atoms with E-state index in [4.69, 9.17) is 10.5 Å². The number of urea groups is 1. The Labute approximate surface area is 88.5 Å². The summed E-state index contributed by atoms with van der Waals surface area (Å²) >= 11 is 0. The second-order valence-electron chi connectivity index (χ2n) is 3.57. The molecular formula is C9H17N3O3. The molecule has 3 amide bonds. The molecule has 15 heavy (non-hydrogen) atoms. The maximum absolute atomic E-state index is 10.9. The van der Waals surface area contributed by atoms with Crippen molar-refractivity contribution in [2.75, 3.05) is 19.8 Å². The molecule has 0 aliphatic carbocycles. The van der Waals surface area contributed by atoms with Crippen LogP contribution in [0.1, 0.15) is 19.3 Å². The van der Waals surface area contributed by atoms with Crippen LogP contribution in [0, 0.1) is 0 Å². The number of nitrogens with one attached hydrogen (secondary N) is 2. The lowest BCUT2D eigenvalue weighted by atomic mass is 10.1. The molecule has 0 aromatic heterocycles. The van der Waals surface area contributed by atoms with Gasteiger partial charge >= 0.3 is 6.03 Å². The lowest BCUT2D eigenvalue weighted by Crippen LogP contribution is -2.40. The van der Waals surface area contributed by atoms with Gasteiger partial charge in [0.1, 0.15) is 6.61 Å². The fourth-order valence-electron chi connectivity index (χ4n) is 1.53. The number of piperidine rings is 1. The molecule has 1 heterocycles. The van der Waals surface area contributed by atoms with E-state index in [0.717, 1.165) is 13.0 Å². The monoisotopic (exact) mass is 215 g/mol. The Balaban J connectivity index is 2.04.